The van der Waals surface area contributed by atoms with Crippen LogP contribution in [0.3, 0.4) is 0 Å². The highest BCUT2D eigenvalue weighted by atomic mass is 16.7. The Morgan fingerprint density at radius 1 is 0.846 bits per heavy atom. The zero-order valence-corrected chi connectivity index (χ0v) is 14.6. The molecule has 2 heterocycles. The minimum Gasteiger partial charge on any atom is -0.454 e. The third-order valence-electron chi connectivity index (χ3n) is 4.26. The second-order valence-electron chi connectivity index (χ2n) is 5.98. The van der Waals surface area contributed by atoms with Gasteiger partial charge in [0.1, 0.15) is 0 Å². The summed E-state index contributed by atoms with van der Waals surface area (Å²) in [7, 11) is 1.76. The van der Waals surface area contributed by atoms with Gasteiger partial charge >= 0.3 is 0 Å². The molecule has 7 heteroatoms. The minimum absolute atomic E-state index is 0.287. The number of hydrogen-bond acceptors (Lipinski definition) is 5. The number of aliphatic imine (C=N–C) groups is 1. The van der Waals surface area contributed by atoms with Crippen LogP contribution in [0, 0.1) is 0 Å². The van der Waals surface area contributed by atoms with Crippen LogP contribution in [0.25, 0.3) is 0 Å². The first-order valence-corrected chi connectivity index (χ1v) is 8.53. The fourth-order valence-corrected chi connectivity index (χ4v) is 2.88. The molecule has 2 aromatic carbocycles. The van der Waals surface area contributed by atoms with E-state index in [4.69, 9.17) is 18.9 Å². The number of guanidine groups is 1. The van der Waals surface area contributed by atoms with E-state index in [9.17, 15) is 0 Å². The second-order valence-corrected chi connectivity index (χ2v) is 5.98. The van der Waals surface area contributed by atoms with Crippen molar-refractivity contribution in [2.24, 2.45) is 4.99 Å². The Kier molecular flexibility index (Phi) is 4.68. The van der Waals surface area contributed by atoms with Crippen LogP contribution in [0.4, 0.5) is 0 Å². The average molecular weight is 355 g/mol. The van der Waals surface area contributed by atoms with Gasteiger partial charge in [-0.25, -0.2) is 0 Å². The van der Waals surface area contributed by atoms with E-state index in [0.717, 1.165) is 47.5 Å². The highest BCUT2D eigenvalue weighted by Gasteiger charge is 2.14. The Morgan fingerprint density at radius 2 is 1.46 bits per heavy atom. The van der Waals surface area contributed by atoms with E-state index in [1.54, 1.807) is 7.05 Å². The molecule has 2 aliphatic heterocycles. The molecule has 2 N–H and O–H groups in total. The van der Waals surface area contributed by atoms with E-state index in [-0.39, 0.29) is 6.79 Å². The largest absolute Gasteiger partial charge is 0.454 e. The monoisotopic (exact) mass is 355 g/mol. The number of hydrogen-bond donors (Lipinski definition) is 2. The summed E-state index contributed by atoms with van der Waals surface area (Å²) in [4.78, 5) is 4.26. The zero-order valence-electron chi connectivity index (χ0n) is 14.6. The third-order valence-corrected chi connectivity index (χ3v) is 4.26. The van der Waals surface area contributed by atoms with Crippen LogP contribution in [-0.2, 0) is 13.0 Å². The van der Waals surface area contributed by atoms with Gasteiger partial charge in [0.2, 0.25) is 13.6 Å². The SMILES string of the molecule is CN=C(NCCc1ccc2c(c1)OCO2)NCc1ccc2c(c1)OCO2. The van der Waals surface area contributed by atoms with Crippen LogP contribution in [0.1, 0.15) is 11.1 Å². The molecule has 0 atom stereocenters. The molecule has 4 rings (SSSR count). The maximum Gasteiger partial charge on any atom is 0.231 e. The lowest BCUT2D eigenvalue weighted by Crippen LogP contribution is -2.37. The van der Waals surface area contributed by atoms with Gasteiger partial charge in [0.25, 0.3) is 0 Å². The summed E-state index contributed by atoms with van der Waals surface area (Å²) in [6, 6.07) is 11.9. The molecule has 0 aromatic heterocycles. The molecule has 0 amide bonds. The fraction of sp³-hybridized carbons (Fsp3) is 0.316. The lowest BCUT2D eigenvalue weighted by atomic mass is 10.1. The predicted octanol–water partition coefficient (Wildman–Crippen LogP) is 2.05. The van der Waals surface area contributed by atoms with E-state index < -0.39 is 0 Å². The van der Waals surface area contributed by atoms with Gasteiger partial charge < -0.3 is 29.6 Å². The molecule has 136 valence electrons. The van der Waals surface area contributed by atoms with Crippen molar-refractivity contribution >= 4 is 5.96 Å². The van der Waals surface area contributed by atoms with Gasteiger partial charge in [-0.1, -0.05) is 12.1 Å². The van der Waals surface area contributed by atoms with Gasteiger partial charge in [-0.2, -0.15) is 0 Å². The molecule has 0 aliphatic carbocycles. The van der Waals surface area contributed by atoms with Gasteiger partial charge in [-0.05, 0) is 41.8 Å². The molecule has 7 nitrogen and oxygen atoms in total. The Labute approximate surface area is 151 Å². The average Bonchev–Trinajstić information content (AvgIpc) is 3.32. The van der Waals surface area contributed by atoms with Crippen molar-refractivity contribution in [2.45, 2.75) is 13.0 Å². The minimum atomic E-state index is 0.287. The van der Waals surface area contributed by atoms with Crippen LogP contribution in [0.5, 0.6) is 23.0 Å². The lowest BCUT2D eigenvalue weighted by Gasteiger charge is -2.12. The van der Waals surface area contributed by atoms with Crippen molar-refractivity contribution < 1.29 is 18.9 Å². The first-order valence-electron chi connectivity index (χ1n) is 8.53. The van der Waals surface area contributed by atoms with Crippen molar-refractivity contribution in [1.82, 2.24) is 10.6 Å². The molecule has 26 heavy (non-hydrogen) atoms. The molecule has 0 saturated carbocycles. The van der Waals surface area contributed by atoms with Gasteiger partial charge in [-0.15, -0.1) is 0 Å². The Morgan fingerprint density at radius 3 is 2.15 bits per heavy atom. The van der Waals surface area contributed by atoms with E-state index in [1.165, 1.54) is 5.56 Å². The van der Waals surface area contributed by atoms with Crippen molar-refractivity contribution in [3.63, 3.8) is 0 Å². The summed E-state index contributed by atoms with van der Waals surface area (Å²) in [5.41, 5.74) is 2.29. The maximum absolute atomic E-state index is 5.41. The van der Waals surface area contributed by atoms with Crippen molar-refractivity contribution in [1.29, 1.82) is 0 Å². The van der Waals surface area contributed by atoms with Crippen LogP contribution in [0.15, 0.2) is 41.4 Å². The zero-order chi connectivity index (χ0) is 17.8. The van der Waals surface area contributed by atoms with Crippen molar-refractivity contribution in [3.8, 4) is 23.0 Å². The fourth-order valence-electron chi connectivity index (χ4n) is 2.88. The highest BCUT2D eigenvalue weighted by molar-refractivity contribution is 5.79. The van der Waals surface area contributed by atoms with E-state index >= 15 is 0 Å². The Balaban J connectivity index is 1.26. The summed E-state index contributed by atoms with van der Waals surface area (Å²) in [6.45, 7) is 2.00. The Bertz CT molecular complexity index is 822. The third kappa shape index (κ3) is 3.61. The molecule has 0 saturated heterocycles. The van der Waals surface area contributed by atoms with Crippen LogP contribution < -0.4 is 29.6 Å². The molecule has 2 aliphatic rings. The number of rotatable bonds is 5. The molecule has 0 spiro atoms. The molecule has 0 bridgehead atoms. The van der Waals surface area contributed by atoms with E-state index in [0.29, 0.717) is 13.3 Å². The van der Waals surface area contributed by atoms with E-state index in [2.05, 4.69) is 21.7 Å². The maximum atomic E-state index is 5.41. The predicted molar refractivity (Wildman–Crippen MR) is 97.0 cm³/mol. The number of benzene rings is 2. The Hall–Kier alpha value is -3.09. The summed E-state index contributed by atoms with van der Waals surface area (Å²) < 4.78 is 21.5. The number of fused-ring (bicyclic) bond motifs is 2. The lowest BCUT2D eigenvalue weighted by molar-refractivity contribution is 0.173. The first kappa shape index (κ1) is 16.4. The van der Waals surface area contributed by atoms with Gasteiger partial charge in [0.15, 0.2) is 29.0 Å². The molecular formula is C19H21N3O4. The summed E-state index contributed by atoms with van der Waals surface area (Å²) in [5.74, 6) is 3.95. The topological polar surface area (TPSA) is 73.3 Å². The first-order chi connectivity index (χ1) is 12.8. The van der Waals surface area contributed by atoms with Crippen LogP contribution in [-0.4, -0.2) is 33.1 Å². The van der Waals surface area contributed by atoms with Crippen molar-refractivity contribution in [2.75, 3.05) is 27.2 Å². The van der Waals surface area contributed by atoms with E-state index in [1.807, 2.05) is 30.3 Å². The molecule has 0 unspecified atom stereocenters. The summed E-state index contributed by atoms with van der Waals surface area (Å²) in [6.07, 6.45) is 0.862. The summed E-state index contributed by atoms with van der Waals surface area (Å²) in [5, 5.41) is 6.62. The molecule has 0 radical (unpaired) electrons. The van der Waals surface area contributed by atoms with Crippen LogP contribution in [0.2, 0.25) is 0 Å². The second kappa shape index (κ2) is 7.43. The van der Waals surface area contributed by atoms with Crippen molar-refractivity contribution in [3.05, 3.63) is 47.5 Å². The molecular weight excluding hydrogens is 334 g/mol. The molecule has 2 aromatic rings. The highest BCUT2D eigenvalue weighted by Crippen LogP contribution is 2.33. The molecule has 0 fully saturated rings. The smallest absolute Gasteiger partial charge is 0.231 e. The van der Waals surface area contributed by atoms with Crippen LogP contribution >= 0.6 is 0 Å². The standard InChI is InChI=1S/C19H21N3O4/c1-20-19(22-10-14-3-5-16-18(9-14)26-12-24-16)21-7-6-13-2-4-15-17(8-13)25-11-23-15/h2-5,8-9H,6-7,10-12H2,1H3,(H2,20,21,22). The quantitative estimate of drug-likeness (QED) is 0.632. The number of nitrogens with one attached hydrogen (secondary N) is 2. The normalized spacial score (nSPS) is 14.4. The van der Waals surface area contributed by atoms with Gasteiger partial charge in [0, 0.05) is 20.1 Å². The number of ether oxygens (including phenoxy) is 4. The number of nitrogens with zero attached hydrogens (tertiary/aromatic N) is 1. The van der Waals surface area contributed by atoms with Gasteiger partial charge in [-0.3, -0.25) is 4.99 Å². The van der Waals surface area contributed by atoms with Gasteiger partial charge in [0.05, 0.1) is 0 Å². The summed E-state index contributed by atoms with van der Waals surface area (Å²) >= 11 is 0.